The highest BCUT2D eigenvalue weighted by molar-refractivity contribution is 6.52. The molecule has 8 nitrogen and oxygen atoms in total. The van der Waals surface area contributed by atoms with Crippen molar-refractivity contribution in [2.45, 2.75) is 0 Å². The molecular weight excluding hydrogens is 391 g/mol. The van der Waals surface area contributed by atoms with E-state index in [1.54, 1.807) is 12.1 Å². The first-order chi connectivity index (χ1) is 14.5. The SMILES string of the molecule is O=C(/N=C/c1ccc(F)cc1)Nc1ccc2c(c1)C(=O)C(=O)N2CN1CCOCC1. The number of hydrogen-bond donors (Lipinski definition) is 1. The molecule has 1 fully saturated rings. The Hall–Kier alpha value is -3.43. The molecule has 0 radical (unpaired) electrons. The monoisotopic (exact) mass is 410 g/mol. The fourth-order valence-electron chi connectivity index (χ4n) is 3.30. The number of rotatable bonds is 4. The third kappa shape index (κ3) is 4.27. The molecule has 0 aliphatic carbocycles. The first-order valence-electron chi connectivity index (χ1n) is 9.42. The third-order valence-electron chi connectivity index (χ3n) is 4.87. The molecule has 3 amide bonds. The summed E-state index contributed by atoms with van der Waals surface area (Å²) in [6.45, 7) is 2.87. The molecule has 2 aliphatic rings. The molecule has 0 bridgehead atoms. The molecule has 0 spiro atoms. The van der Waals surface area contributed by atoms with E-state index in [0.29, 0.717) is 49.9 Å². The smallest absolute Gasteiger partial charge is 0.345 e. The average Bonchev–Trinajstić information content (AvgIpc) is 2.99. The second-order valence-corrected chi connectivity index (χ2v) is 6.91. The molecule has 2 aromatic carbocycles. The van der Waals surface area contributed by atoms with Gasteiger partial charge < -0.3 is 10.1 Å². The van der Waals surface area contributed by atoms with Gasteiger partial charge in [0.05, 0.1) is 31.1 Å². The molecule has 0 aromatic heterocycles. The summed E-state index contributed by atoms with van der Waals surface area (Å²) in [6, 6.07) is 9.60. The Morgan fingerprint density at radius 2 is 1.87 bits per heavy atom. The van der Waals surface area contributed by atoms with Crippen molar-refractivity contribution >= 4 is 35.3 Å². The van der Waals surface area contributed by atoms with Gasteiger partial charge in [0.1, 0.15) is 5.82 Å². The summed E-state index contributed by atoms with van der Waals surface area (Å²) >= 11 is 0. The summed E-state index contributed by atoms with van der Waals surface area (Å²) in [5.41, 5.74) is 1.68. The second-order valence-electron chi connectivity index (χ2n) is 6.91. The highest BCUT2D eigenvalue weighted by Crippen LogP contribution is 2.31. The molecular formula is C21H19FN4O4. The first kappa shape index (κ1) is 19.9. The van der Waals surface area contributed by atoms with Crippen LogP contribution in [0.15, 0.2) is 47.5 Å². The Morgan fingerprint density at radius 1 is 1.13 bits per heavy atom. The van der Waals surface area contributed by atoms with Gasteiger partial charge in [-0.1, -0.05) is 12.1 Å². The molecule has 2 aromatic rings. The van der Waals surface area contributed by atoms with Gasteiger partial charge in [0.15, 0.2) is 0 Å². The van der Waals surface area contributed by atoms with Gasteiger partial charge in [-0.15, -0.1) is 0 Å². The fourth-order valence-corrected chi connectivity index (χ4v) is 3.30. The summed E-state index contributed by atoms with van der Waals surface area (Å²) in [5.74, 6) is -1.57. The lowest BCUT2D eigenvalue weighted by atomic mass is 10.1. The van der Waals surface area contributed by atoms with E-state index >= 15 is 0 Å². The number of amides is 3. The van der Waals surface area contributed by atoms with Crippen molar-refractivity contribution in [3.8, 4) is 0 Å². The number of carbonyl (C=O) groups excluding carboxylic acids is 3. The molecule has 1 N–H and O–H groups in total. The Bertz CT molecular complexity index is 1020. The van der Waals surface area contributed by atoms with Gasteiger partial charge in [-0.25, -0.2) is 14.2 Å². The number of benzene rings is 2. The number of ether oxygens (including phenoxy) is 1. The van der Waals surface area contributed by atoms with Crippen LogP contribution >= 0.6 is 0 Å². The number of hydrogen-bond acceptors (Lipinski definition) is 5. The molecule has 154 valence electrons. The lowest BCUT2D eigenvalue weighted by Gasteiger charge is -2.30. The second kappa shape index (κ2) is 8.52. The molecule has 1 saturated heterocycles. The van der Waals surface area contributed by atoms with Crippen molar-refractivity contribution in [1.29, 1.82) is 0 Å². The van der Waals surface area contributed by atoms with E-state index in [4.69, 9.17) is 4.74 Å². The minimum absolute atomic E-state index is 0.244. The van der Waals surface area contributed by atoms with Crippen LogP contribution in [0.1, 0.15) is 15.9 Å². The lowest BCUT2D eigenvalue weighted by molar-refractivity contribution is -0.114. The number of nitrogens with zero attached hydrogens (tertiary/aromatic N) is 3. The van der Waals surface area contributed by atoms with E-state index in [-0.39, 0.29) is 11.4 Å². The summed E-state index contributed by atoms with van der Waals surface area (Å²) < 4.78 is 18.2. The van der Waals surface area contributed by atoms with Crippen molar-refractivity contribution < 1.29 is 23.5 Å². The van der Waals surface area contributed by atoms with Crippen LogP contribution in [-0.4, -0.2) is 61.8 Å². The number of Topliss-reactive ketones (excluding diaryl/α,β-unsaturated/α-hetero) is 1. The summed E-state index contributed by atoms with van der Waals surface area (Å²) in [4.78, 5) is 44.2. The number of nitrogens with one attached hydrogen (secondary N) is 1. The zero-order chi connectivity index (χ0) is 21.1. The molecule has 2 aliphatic heterocycles. The van der Waals surface area contributed by atoms with Crippen molar-refractivity contribution in [1.82, 2.24) is 4.90 Å². The maximum atomic E-state index is 12.9. The standard InChI is InChI=1S/C21H19FN4O4/c22-15-3-1-14(2-4-15)12-23-21(29)24-16-5-6-18-17(11-16)19(27)20(28)26(18)13-25-7-9-30-10-8-25/h1-6,11-12H,7-10,13H2,(H,24,29)/b23-12+. The van der Waals surface area contributed by atoms with Gasteiger partial charge >= 0.3 is 11.9 Å². The highest BCUT2D eigenvalue weighted by atomic mass is 19.1. The van der Waals surface area contributed by atoms with Crippen LogP contribution in [0.2, 0.25) is 0 Å². The van der Waals surface area contributed by atoms with Gasteiger partial charge in [0, 0.05) is 25.0 Å². The van der Waals surface area contributed by atoms with Crippen LogP contribution in [-0.2, 0) is 9.53 Å². The maximum Gasteiger partial charge on any atom is 0.345 e. The maximum absolute atomic E-state index is 12.9. The Kier molecular flexibility index (Phi) is 5.64. The summed E-state index contributed by atoms with van der Waals surface area (Å²) in [7, 11) is 0. The zero-order valence-electron chi connectivity index (χ0n) is 16.0. The lowest BCUT2D eigenvalue weighted by Crippen LogP contribution is -2.45. The number of urea groups is 1. The third-order valence-corrected chi connectivity index (χ3v) is 4.87. The molecule has 30 heavy (non-hydrogen) atoms. The predicted molar refractivity (Wildman–Crippen MR) is 109 cm³/mol. The van der Waals surface area contributed by atoms with Gasteiger partial charge in [-0.2, -0.15) is 0 Å². The predicted octanol–water partition coefficient (Wildman–Crippen LogP) is 2.30. The number of fused-ring (bicyclic) bond motifs is 1. The van der Waals surface area contributed by atoms with Crippen LogP contribution in [0.5, 0.6) is 0 Å². The Balaban J connectivity index is 1.45. The van der Waals surface area contributed by atoms with Crippen molar-refractivity contribution in [2.24, 2.45) is 4.99 Å². The Labute approximate surface area is 171 Å². The molecule has 0 atom stereocenters. The van der Waals surface area contributed by atoms with Crippen LogP contribution in [0, 0.1) is 5.82 Å². The van der Waals surface area contributed by atoms with Gasteiger partial charge in [0.25, 0.3) is 5.78 Å². The average molecular weight is 410 g/mol. The van der Waals surface area contributed by atoms with Gasteiger partial charge in [-0.05, 0) is 35.9 Å². The highest BCUT2D eigenvalue weighted by Gasteiger charge is 2.37. The number of carbonyl (C=O) groups is 3. The molecule has 0 saturated carbocycles. The zero-order valence-corrected chi connectivity index (χ0v) is 16.0. The largest absolute Gasteiger partial charge is 0.379 e. The Morgan fingerprint density at radius 3 is 2.60 bits per heavy atom. The summed E-state index contributed by atoms with van der Waals surface area (Å²) in [6.07, 6.45) is 1.31. The van der Waals surface area contributed by atoms with Crippen molar-refractivity contribution in [3.05, 3.63) is 59.4 Å². The molecule has 4 rings (SSSR count). The van der Waals surface area contributed by atoms with E-state index in [0.717, 1.165) is 0 Å². The molecule has 9 heteroatoms. The molecule has 0 unspecified atom stereocenters. The van der Waals surface area contributed by atoms with E-state index in [2.05, 4.69) is 10.3 Å². The normalized spacial score (nSPS) is 16.9. The van der Waals surface area contributed by atoms with E-state index in [1.165, 1.54) is 41.4 Å². The number of anilines is 2. The van der Waals surface area contributed by atoms with Gasteiger partial charge in [0.2, 0.25) is 0 Å². The molecule has 2 heterocycles. The number of ketones is 1. The van der Waals surface area contributed by atoms with Crippen LogP contribution in [0.4, 0.5) is 20.6 Å². The van der Waals surface area contributed by atoms with E-state index in [1.807, 2.05) is 4.90 Å². The number of aliphatic imine (C=N–C) groups is 1. The van der Waals surface area contributed by atoms with Crippen LogP contribution in [0.3, 0.4) is 0 Å². The van der Waals surface area contributed by atoms with Crippen molar-refractivity contribution in [2.75, 3.05) is 43.2 Å². The quantitative estimate of drug-likeness (QED) is 0.617. The fraction of sp³-hybridized carbons (Fsp3) is 0.238. The van der Waals surface area contributed by atoms with E-state index in [9.17, 15) is 18.8 Å². The summed E-state index contributed by atoms with van der Waals surface area (Å²) in [5, 5.41) is 2.56. The van der Waals surface area contributed by atoms with E-state index < -0.39 is 17.7 Å². The van der Waals surface area contributed by atoms with Crippen LogP contribution < -0.4 is 10.2 Å². The first-order valence-corrected chi connectivity index (χ1v) is 9.42. The van der Waals surface area contributed by atoms with Gasteiger partial charge in [-0.3, -0.25) is 19.4 Å². The minimum Gasteiger partial charge on any atom is -0.379 e. The van der Waals surface area contributed by atoms with Crippen molar-refractivity contribution in [3.63, 3.8) is 0 Å². The topological polar surface area (TPSA) is 91.3 Å². The van der Waals surface area contributed by atoms with Crippen LogP contribution in [0.25, 0.3) is 0 Å². The number of morpholine rings is 1. The number of halogens is 1. The minimum atomic E-state index is -0.652.